The summed E-state index contributed by atoms with van der Waals surface area (Å²) in [5.41, 5.74) is 9.85. The smallest absolute Gasteiger partial charge is 0.221 e. The number of rotatable bonds is 2. The SMILES string of the molecule is Cc1ccc(C)cc1.Cc1ccc(CC(N)=O)cc1. The van der Waals surface area contributed by atoms with Crippen molar-refractivity contribution in [3.63, 3.8) is 0 Å². The van der Waals surface area contributed by atoms with Crippen LogP contribution in [0, 0.1) is 20.8 Å². The van der Waals surface area contributed by atoms with E-state index in [-0.39, 0.29) is 5.91 Å². The summed E-state index contributed by atoms with van der Waals surface area (Å²) in [4.78, 5) is 10.5. The summed E-state index contributed by atoms with van der Waals surface area (Å²) in [5, 5.41) is 0. The maximum Gasteiger partial charge on any atom is 0.221 e. The number of amides is 1. The Bertz CT molecular complexity index is 491. The van der Waals surface area contributed by atoms with Gasteiger partial charge in [-0.3, -0.25) is 4.79 Å². The maximum atomic E-state index is 10.5. The fraction of sp³-hybridized carbons (Fsp3) is 0.235. The third-order valence-electron chi connectivity index (χ3n) is 2.72. The molecule has 0 unspecified atom stereocenters. The summed E-state index contributed by atoms with van der Waals surface area (Å²) in [7, 11) is 0. The molecule has 0 bridgehead atoms. The van der Waals surface area contributed by atoms with E-state index in [0.29, 0.717) is 6.42 Å². The molecular weight excluding hydrogens is 234 g/mol. The van der Waals surface area contributed by atoms with Crippen molar-refractivity contribution in [1.82, 2.24) is 0 Å². The second-order valence-corrected chi connectivity index (χ2v) is 4.78. The van der Waals surface area contributed by atoms with Gasteiger partial charge in [0, 0.05) is 0 Å². The van der Waals surface area contributed by atoms with Crippen LogP contribution in [0.4, 0.5) is 0 Å². The molecule has 2 N–H and O–H groups in total. The Labute approximate surface area is 115 Å². The lowest BCUT2D eigenvalue weighted by Crippen LogP contribution is -2.13. The number of carbonyl (C=O) groups is 1. The summed E-state index contributed by atoms with van der Waals surface area (Å²) < 4.78 is 0. The van der Waals surface area contributed by atoms with Crippen molar-refractivity contribution < 1.29 is 4.79 Å². The van der Waals surface area contributed by atoms with Gasteiger partial charge in [-0.25, -0.2) is 0 Å². The van der Waals surface area contributed by atoms with Gasteiger partial charge >= 0.3 is 0 Å². The third kappa shape index (κ3) is 6.41. The zero-order valence-electron chi connectivity index (χ0n) is 11.8. The number of hydrogen-bond donors (Lipinski definition) is 1. The number of aryl methyl sites for hydroxylation is 3. The molecule has 0 saturated heterocycles. The zero-order valence-corrected chi connectivity index (χ0v) is 11.8. The number of carbonyl (C=O) groups excluding carboxylic acids is 1. The van der Waals surface area contributed by atoms with Crippen LogP contribution in [0.1, 0.15) is 22.3 Å². The van der Waals surface area contributed by atoms with Crippen molar-refractivity contribution in [1.29, 1.82) is 0 Å². The van der Waals surface area contributed by atoms with Gasteiger partial charge < -0.3 is 5.73 Å². The van der Waals surface area contributed by atoms with Crippen molar-refractivity contribution >= 4 is 5.91 Å². The van der Waals surface area contributed by atoms with Gasteiger partial charge in [-0.1, -0.05) is 65.2 Å². The first-order chi connectivity index (χ1) is 8.97. The molecule has 0 radical (unpaired) electrons. The van der Waals surface area contributed by atoms with Crippen LogP contribution in [0.25, 0.3) is 0 Å². The van der Waals surface area contributed by atoms with Gasteiger partial charge in [0.25, 0.3) is 0 Å². The molecule has 0 aromatic heterocycles. The minimum Gasteiger partial charge on any atom is -0.369 e. The first kappa shape index (κ1) is 15.0. The maximum absolute atomic E-state index is 10.5. The fourth-order valence-corrected chi connectivity index (χ4v) is 1.54. The Balaban J connectivity index is 0.000000200. The van der Waals surface area contributed by atoms with E-state index in [2.05, 4.69) is 38.1 Å². The average molecular weight is 255 g/mol. The molecule has 0 fully saturated rings. The normalized spacial score (nSPS) is 9.42. The molecule has 100 valence electrons. The van der Waals surface area contributed by atoms with Gasteiger partial charge in [-0.05, 0) is 26.3 Å². The van der Waals surface area contributed by atoms with Crippen LogP contribution < -0.4 is 5.73 Å². The van der Waals surface area contributed by atoms with E-state index in [9.17, 15) is 4.79 Å². The lowest BCUT2D eigenvalue weighted by atomic mass is 10.1. The minimum atomic E-state index is -0.283. The predicted molar refractivity (Wildman–Crippen MR) is 80.0 cm³/mol. The van der Waals surface area contributed by atoms with Crippen LogP contribution in [-0.2, 0) is 11.2 Å². The first-order valence-corrected chi connectivity index (χ1v) is 6.34. The molecule has 2 aromatic carbocycles. The highest BCUT2D eigenvalue weighted by molar-refractivity contribution is 5.76. The van der Waals surface area contributed by atoms with Gasteiger partial charge in [0.15, 0.2) is 0 Å². The summed E-state index contributed by atoms with van der Waals surface area (Å²) in [5.74, 6) is -0.283. The largest absolute Gasteiger partial charge is 0.369 e. The average Bonchev–Trinajstić information content (AvgIpc) is 2.36. The third-order valence-corrected chi connectivity index (χ3v) is 2.72. The second kappa shape index (κ2) is 7.37. The van der Waals surface area contributed by atoms with Crippen LogP contribution in [0.2, 0.25) is 0 Å². The molecule has 0 aliphatic rings. The van der Waals surface area contributed by atoms with Gasteiger partial charge in [-0.15, -0.1) is 0 Å². The van der Waals surface area contributed by atoms with Crippen LogP contribution in [0.15, 0.2) is 48.5 Å². The Hall–Kier alpha value is -2.09. The van der Waals surface area contributed by atoms with E-state index in [0.717, 1.165) is 5.56 Å². The van der Waals surface area contributed by atoms with E-state index in [1.54, 1.807) is 0 Å². The molecule has 2 nitrogen and oxygen atoms in total. The zero-order chi connectivity index (χ0) is 14.3. The van der Waals surface area contributed by atoms with Crippen molar-refractivity contribution in [2.45, 2.75) is 27.2 Å². The lowest BCUT2D eigenvalue weighted by molar-refractivity contribution is -0.117. The molecule has 0 saturated carbocycles. The molecule has 0 aliphatic heterocycles. The molecule has 0 heterocycles. The molecule has 1 amide bonds. The van der Waals surface area contributed by atoms with Crippen LogP contribution >= 0.6 is 0 Å². The van der Waals surface area contributed by atoms with Crippen LogP contribution in [0.5, 0.6) is 0 Å². The van der Waals surface area contributed by atoms with E-state index >= 15 is 0 Å². The molecule has 2 rings (SSSR count). The Morgan fingerprint density at radius 3 is 1.42 bits per heavy atom. The summed E-state index contributed by atoms with van der Waals surface area (Å²) in [6.07, 6.45) is 0.334. The van der Waals surface area contributed by atoms with Crippen LogP contribution in [0.3, 0.4) is 0 Å². The number of nitrogens with two attached hydrogens (primary N) is 1. The molecular formula is C17H21NO. The van der Waals surface area contributed by atoms with E-state index in [4.69, 9.17) is 5.73 Å². The van der Waals surface area contributed by atoms with Gasteiger partial charge in [0.2, 0.25) is 5.91 Å². The highest BCUT2D eigenvalue weighted by Crippen LogP contribution is 2.02. The fourth-order valence-electron chi connectivity index (χ4n) is 1.54. The van der Waals surface area contributed by atoms with E-state index < -0.39 is 0 Å². The Morgan fingerprint density at radius 2 is 1.11 bits per heavy atom. The molecule has 0 spiro atoms. The molecule has 0 atom stereocenters. The predicted octanol–water partition coefficient (Wildman–Crippen LogP) is 3.33. The highest BCUT2D eigenvalue weighted by Gasteiger charge is 1.95. The molecule has 19 heavy (non-hydrogen) atoms. The molecule has 2 heteroatoms. The van der Waals surface area contributed by atoms with Crippen molar-refractivity contribution in [3.05, 3.63) is 70.8 Å². The van der Waals surface area contributed by atoms with E-state index in [1.165, 1.54) is 16.7 Å². The van der Waals surface area contributed by atoms with Crippen molar-refractivity contribution in [2.75, 3.05) is 0 Å². The van der Waals surface area contributed by atoms with E-state index in [1.807, 2.05) is 31.2 Å². The number of primary amides is 1. The van der Waals surface area contributed by atoms with Gasteiger partial charge in [-0.2, -0.15) is 0 Å². The van der Waals surface area contributed by atoms with Crippen LogP contribution in [-0.4, -0.2) is 5.91 Å². The molecule has 2 aromatic rings. The Kier molecular flexibility index (Phi) is 5.80. The lowest BCUT2D eigenvalue weighted by Gasteiger charge is -1.96. The summed E-state index contributed by atoms with van der Waals surface area (Å²) >= 11 is 0. The summed E-state index contributed by atoms with van der Waals surface area (Å²) in [6.45, 7) is 6.20. The minimum absolute atomic E-state index is 0.283. The monoisotopic (exact) mass is 255 g/mol. The highest BCUT2D eigenvalue weighted by atomic mass is 16.1. The molecule has 0 aliphatic carbocycles. The summed E-state index contributed by atoms with van der Waals surface area (Å²) in [6, 6.07) is 16.3. The van der Waals surface area contributed by atoms with Gasteiger partial charge in [0.1, 0.15) is 0 Å². The quantitative estimate of drug-likeness (QED) is 0.878. The first-order valence-electron chi connectivity index (χ1n) is 6.34. The number of hydrogen-bond acceptors (Lipinski definition) is 1. The van der Waals surface area contributed by atoms with Gasteiger partial charge in [0.05, 0.1) is 6.42 Å². The Morgan fingerprint density at radius 1 is 0.789 bits per heavy atom. The van der Waals surface area contributed by atoms with Crippen molar-refractivity contribution in [3.8, 4) is 0 Å². The standard InChI is InChI=1S/C9H11NO.C8H10/c1-7-2-4-8(5-3-7)6-9(10)11;1-7-3-5-8(2)6-4-7/h2-5H,6H2,1H3,(H2,10,11);3-6H,1-2H3. The number of benzene rings is 2. The second-order valence-electron chi connectivity index (χ2n) is 4.78. The van der Waals surface area contributed by atoms with Crippen molar-refractivity contribution in [2.24, 2.45) is 5.73 Å². The topological polar surface area (TPSA) is 43.1 Å².